The number of thiazole rings is 1. The fraction of sp³-hybridized carbons (Fsp3) is 0.200. The summed E-state index contributed by atoms with van der Waals surface area (Å²) in [6, 6.07) is 15.6. The summed E-state index contributed by atoms with van der Waals surface area (Å²) < 4.78 is 12.5. The summed E-state index contributed by atoms with van der Waals surface area (Å²) in [6.07, 6.45) is 1.81. The molecule has 0 aliphatic carbocycles. The van der Waals surface area contributed by atoms with Crippen molar-refractivity contribution in [2.75, 3.05) is 6.61 Å². The molecule has 0 saturated heterocycles. The monoisotopic (exact) mass is 462 g/mol. The van der Waals surface area contributed by atoms with Gasteiger partial charge < -0.3 is 9.47 Å². The number of aromatic nitrogens is 1. The number of benzene rings is 2. The molecule has 0 radical (unpaired) electrons. The van der Waals surface area contributed by atoms with Gasteiger partial charge in [0.2, 0.25) is 0 Å². The molecule has 2 aromatic carbocycles. The van der Waals surface area contributed by atoms with E-state index in [1.165, 1.54) is 22.8 Å². The molecule has 0 unspecified atom stereocenters. The molecule has 8 heteroatoms. The molecule has 33 heavy (non-hydrogen) atoms. The predicted molar refractivity (Wildman–Crippen MR) is 125 cm³/mol. The van der Waals surface area contributed by atoms with E-state index in [4.69, 9.17) is 9.47 Å². The topological polar surface area (TPSA) is 87.0 Å². The Morgan fingerprint density at radius 1 is 1.12 bits per heavy atom. The van der Waals surface area contributed by atoms with Gasteiger partial charge in [-0.15, -0.1) is 0 Å². The van der Waals surface area contributed by atoms with E-state index in [1.54, 1.807) is 38.1 Å². The number of carbonyl (C=O) groups is 2. The largest absolute Gasteiger partial charge is 0.463 e. The number of fused-ring (bicyclic) bond motifs is 1. The maximum atomic E-state index is 13.5. The van der Waals surface area contributed by atoms with E-state index < -0.39 is 18.0 Å². The summed E-state index contributed by atoms with van der Waals surface area (Å²) in [4.78, 5) is 42.7. The van der Waals surface area contributed by atoms with E-state index in [0.29, 0.717) is 31.9 Å². The second-order valence-corrected chi connectivity index (χ2v) is 8.38. The van der Waals surface area contributed by atoms with Crippen LogP contribution in [0, 0.1) is 0 Å². The zero-order valence-electron chi connectivity index (χ0n) is 18.4. The van der Waals surface area contributed by atoms with Crippen molar-refractivity contribution in [1.82, 2.24) is 4.57 Å². The van der Waals surface area contributed by atoms with Crippen LogP contribution < -0.4 is 19.6 Å². The van der Waals surface area contributed by atoms with E-state index in [-0.39, 0.29) is 12.2 Å². The lowest BCUT2D eigenvalue weighted by Crippen LogP contribution is -2.39. The third kappa shape index (κ3) is 4.56. The SMILES string of the molecule is CCOC(=O)C1=C(C)N=c2s/c(=C/c3ccccc3)c(=O)n2[C@H]1c1ccc(OC(C)=O)cc1. The third-order valence-corrected chi connectivity index (χ3v) is 6.05. The molecule has 1 aliphatic rings. The van der Waals surface area contributed by atoms with Gasteiger partial charge in [-0.1, -0.05) is 53.8 Å². The molecule has 0 fully saturated rings. The molecule has 4 rings (SSSR count). The van der Waals surface area contributed by atoms with Crippen molar-refractivity contribution < 1.29 is 19.1 Å². The molecular formula is C25H22N2O5S. The Labute approximate surface area is 193 Å². The number of hydrogen-bond donors (Lipinski definition) is 0. The van der Waals surface area contributed by atoms with E-state index in [1.807, 2.05) is 36.4 Å². The summed E-state index contributed by atoms with van der Waals surface area (Å²) in [5.41, 5.74) is 2.12. The van der Waals surface area contributed by atoms with Crippen molar-refractivity contribution in [2.24, 2.45) is 4.99 Å². The number of ether oxygens (including phenoxy) is 2. The summed E-state index contributed by atoms with van der Waals surface area (Å²) in [5.74, 6) is -0.578. The van der Waals surface area contributed by atoms with Gasteiger partial charge in [0.25, 0.3) is 5.56 Å². The Morgan fingerprint density at radius 2 is 1.82 bits per heavy atom. The van der Waals surface area contributed by atoms with Crippen molar-refractivity contribution in [2.45, 2.75) is 26.8 Å². The van der Waals surface area contributed by atoms with E-state index >= 15 is 0 Å². The number of hydrogen-bond acceptors (Lipinski definition) is 7. The van der Waals surface area contributed by atoms with Gasteiger partial charge in [0.1, 0.15) is 5.75 Å². The summed E-state index contributed by atoms with van der Waals surface area (Å²) >= 11 is 1.27. The Bertz CT molecular complexity index is 1420. The van der Waals surface area contributed by atoms with Gasteiger partial charge in [0.15, 0.2) is 4.80 Å². The van der Waals surface area contributed by atoms with Gasteiger partial charge in [0.05, 0.1) is 28.5 Å². The number of esters is 2. The van der Waals surface area contributed by atoms with Crippen molar-refractivity contribution in [1.29, 1.82) is 0 Å². The summed E-state index contributed by atoms with van der Waals surface area (Å²) in [6.45, 7) is 4.99. The van der Waals surface area contributed by atoms with Crippen LogP contribution in [0.3, 0.4) is 0 Å². The van der Waals surface area contributed by atoms with Crippen LogP contribution in [0.4, 0.5) is 0 Å². The van der Waals surface area contributed by atoms with Gasteiger partial charge >= 0.3 is 11.9 Å². The highest BCUT2D eigenvalue weighted by atomic mass is 32.1. The Hall–Kier alpha value is -3.78. The molecule has 168 valence electrons. The smallest absolute Gasteiger partial charge is 0.338 e. The first-order valence-corrected chi connectivity index (χ1v) is 11.2. The Kier molecular flexibility index (Phi) is 6.37. The molecule has 7 nitrogen and oxygen atoms in total. The molecule has 0 saturated carbocycles. The van der Waals surface area contributed by atoms with Gasteiger partial charge in [0, 0.05) is 6.92 Å². The number of rotatable bonds is 5. The minimum atomic E-state index is -0.718. The van der Waals surface area contributed by atoms with Crippen LogP contribution in [0.25, 0.3) is 6.08 Å². The first kappa shape index (κ1) is 22.4. The van der Waals surface area contributed by atoms with Crippen LogP contribution in [0.2, 0.25) is 0 Å². The fourth-order valence-corrected chi connectivity index (χ4v) is 4.74. The molecule has 2 heterocycles. The average Bonchev–Trinajstić information content (AvgIpc) is 3.08. The zero-order chi connectivity index (χ0) is 23.5. The summed E-state index contributed by atoms with van der Waals surface area (Å²) in [7, 11) is 0. The first-order valence-electron chi connectivity index (χ1n) is 10.4. The standard InChI is InChI=1S/C25H22N2O5S/c1-4-31-24(30)21-15(2)26-25-27(22(21)18-10-12-19(13-11-18)32-16(3)28)23(29)20(33-25)14-17-8-6-5-7-9-17/h5-14,22H,4H2,1-3H3/b20-14+/t22-/m0/s1. The van der Waals surface area contributed by atoms with Crippen LogP contribution >= 0.6 is 11.3 Å². The van der Waals surface area contributed by atoms with Crippen molar-refractivity contribution in [3.63, 3.8) is 0 Å². The average molecular weight is 463 g/mol. The lowest BCUT2D eigenvalue weighted by atomic mass is 9.96. The van der Waals surface area contributed by atoms with Crippen molar-refractivity contribution in [3.05, 3.63) is 96.7 Å². The second kappa shape index (κ2) is 9.38. The number of allylic oxidation sites excluding steroid dienone is 1. The maximum Gasteiger partial charge on any atom is 0.338 e. The molecule has 3 aromatic rings. The van der Waals surface area contributed by atoms with Crippen LogP contribution in [0.1, 0.15) is 37.9 Å². The molecule has 0 spiro atoms. The van der Waals surface area contributed by atoms with Gasteiger partial charge in [-0.3, -0.25) is 14.2 Å². The van der Waals surface area contributed by atoms with Gasteiger partial charge in [-0.25, -0.2) is 9.79 Å². The highest BCUT2D eigenvalue weighted by molar-refractivity contribution is 7.07. The highest BCUT2D eigenvalue weighted by Gasteiger charge is 2.33. The minimum absolute atomic E-state index is 0.201. The van der Waals surface area contributed by atoms with Crippen molar-refractivity contribution in [3.8, 4) is 5.75 Å². The quantitative estimate of drug-likeness (QED) is 0.430. The van der Waals surface area contributed by atoms with Crippen LogP contribution in [-0.2, 0) is 14.3 Å². The van der Waals surface area contributed by atoms with E-state index in [0.717, 1.165) is 5.56 Å². The molecule has 1 atom stereocenters. The van der Waals surface area contributed by atoms with Crippen molar-refractivity contribution >= 4 is 29.4 Å². The molecular weight excluding hydrogens is 440 g/mol. The van der Waals surface area contributed by atoms with Crippen LogP contribution in [0.15, 0.2) is 75.7 Å². The predicted octanol–water partition coefficient (Wildman–Crippen LogP) is 2.72. The molecule has 1 aromatic heterocycles. The normalized spacial score (nSPS) is 15.6. The highest BCUT2D eigenvalue weighted by Crippen LogP contribution is 2.31. The van der Waals surface area contributed by atoms with E-state index in [2.05, 4.69) is 4.99 Å². The fourth-order valence-electron chi connectivity index (χ4n) is 3.69. The van der Waals surface area contributed by atoms with Crippen LogP contribution in [-0.4, -0.2) is 23.1 Å². The maximum absolute atomic E-state index is 13.5. The molecule has 1 aliphatic heterocycles. The number of nitrogens with zero attached hydrogens (tertiary/aromatic N) is 2. The lowest BCUT2D eigenvalue weighted by Gasteiger charge is -2.24. The lowest BCUT2D eigenvalue weighted by molar-refractivity contribution is -0.139. The molecule has 0 amide bonds. The number of carbonyl (C=O) groups excluding carboxylic acids is 2. The summed E-state index contributed by atoms with van der Waals surface area (Å²) in [5, 5.41) is 0. The van der Waals surface area contributed by atoms with Crippen LogP contribution in [0.5, 0.6) is 5.75 Å². The second-order valence-electron chi connectivity index (χ2n) is 7.38. The molecule has 0 bridgehead atoms. The Morgan fingerprint density at radius 3 is 2.45 bits per heavy atom. The minimum Gasteiger partial charge on any atom is -0.463 e. The van der Waals surface area contributed by atoms with E-state index in [9.17, 15) is 14.4 Å². The first-order chi connectivity index (χ1) is 15.9. The zero-order valence-corrected chi connectivity index (χ0v) is 19.2. The van der Waals surface area contributed by atoms with Gasteiger partial charge in [-0.05, 0) is 43.2 Å². The Balaban J connectivity index is 1.90. The van der Waals surface area contributed by atoms with Gasteiger partial charge in [-0.2, -0.15) is 0 Å². The third-order valence-electron chi connectivity index (χ3n) is 5.07. The molecule has 0 N–H and O–H groups in total.